The molecule has 1 aromatic heterocycles. The highest BCUT2D eigenvalue weighted by Crippen LogP contribution is 2.25. The predicted octanol–water partition coefficient (Wildman–Crippen LogP) is 3.93. The fourth-order valence-corrected chi connectivity index (χ4v) is 2.86. The van der Waals surface area contributed by atoms with Gasteiger partial charge >= 0.3 is 0 Å². The average molecular weight is 346 g/mol. The minimum Gasteiger partial charge on any atom is -0.497 e. The van der Waals surface area contributed by atoms with Gasteiger partial charge in [0.2, 0.25) is 5.91 Å². The highest BCUT2D eigenvalue weighted by Gasteiger charge is 2.17. The lowest BCUT2D eigenvalue weighted by Crippen LogP contribution is -2.29. The van der Waals surface area contributed by atoms with Crippen LogP contribution in [0.25, 0.3) is 0 Å². The molecule has 1 atom stereocenters. The lowest BCUT2D eigenvalue weighted by Gasteiger charge is -2.20. The van der Waals surface area contributed by atoms with E-state index in [9.17, 15) is 4.79 Å². The van der Waals surface area contributed by atoms with Crippen LogP contribution in [-0.2, 0) is 11.2 Å². The first-order valence-electron chi connectivity index (χ1n) is 8.63. The number of amides is 1. The molecule has 2 aromatic carbocycles. The van der Waals surface area contributed by atoms with E-state index in [1.54, 1.807) is 19.5 Å². The number of carbonyl (C=O) groups excluding carboxylic acids is 1. The minimum atomic E-state index is -0.262. The van der Waals surface area contributed by atoms with Gasteiger partial charge in [0, 0.05) is 18.8 Å². The Labute approximate surface area is 153 Å². The maximum absolute atomic E-state index is 12.6. The van der Waals surface area contributed by atoms with E-state index in [-0.39, 0.29) is 11.9 Å². The smallest absolute Gasteiger partial charge is 0.221 e. The van der Waals surface area contributed by atoms with Crippen LogP contribution in [0.4, 0.5) is 0 Å². The van der Waals surface area contributed by atoms with Gasteiger partial charge in [0.15, 0.2) is 0 Å². The minimum absolute atomic E-state index is 0.00512. The summed E-state index contributed by atoms with van der Waals surface area (Å²) in [6.07, 6.45) is 4.65. The number of pyridine rings is 1. The van der Waals surface area contributed by atoms with Crippen LogP contribution < -0.4 is 10.1 Å². The van der Waals surface area contributed by atoms with Gasteiger partial charge in [-0.05, 0) is 41.3 Å². The third-order valence-corrected chi connectivity index (χ3v) is 4.23. The van der Waals surface area contributed by atoms with Crippen molar-refractivity contribution in [2.24, 2.45) is 0 Å². The summed E-state index contributed by atoms with van der Waals surface area (Å²) in [5.74, 6) is 0.764. The van der Waals surface area contributed by atoms with Crippen LogP contribution in [0.5, 0.6) is 5.75 Å². The number of nitrogens with one attached hydrogen (secondary N) is 1. The molecule has 0 saturated carbocycles. The van der Waals surface area contributed by atoms with Gasteiger partial charge in [-0.15, -0.1) is 0 Å². The Hall–Kier alpha value is -3.14. The summed E-state index contributed by atoms with van der Waals surface area (Å²) in [4.78, 5) is 16.8. The Kier molecular flexibility index (Phi) is 5.99. The summed E-state index contributed by atoms with van der Waals surface area (Å²) in [5.41, 5.74) is 3.06. The Morgan fingerprint density at radius 1 is 1.04 bits per heavy atom. The molecule has 4 heteroatoms. The van der Waals surface area contributed by atoms with E-state index in [1.807, 2.05) is 66.7 Å². The molecular formula is C22H22N2O2. The number of hydrogen-bond donors (Lipinski definition) is 1. The van der Waals surface area contributed by atoms with Gasteiger partial charge in [-0.25, -0.2) is 0 Å². The molecule has 132 valence electrons. The highest BCUT2D eigenvalue weighted by molar-refractivity contribution is 5.77. The summed E-state index contributed by atoms with van der Waals surface area (Å²) >= 11 is 0. The predicted molar refractivity (Wildman–Crippen MR) is 102 cm³/mol. The van der Waals surface area contributed by atoms with E-state index < -0.39 is 0 Å². The standard InChI is InChI=1S/C22H22N2O2/c1-26-20-11-5-9-18(15-20)22(19-10-6-14-23-16-19)24-21(25)13-12-17-7-3-2-4-8-17/h2-11,14-16,22H,12-13H2,1H3,(H,24,25). The van der Waals surface area contributed by atoms with Crippen LogP contribution >= 0.6 is 0 Å². The van der Waals surface area contributed by atoms with Crippen molar-refractivity contribution < 1.29 is 9.53 Å². The first-order valence-corrected chi connectivity index (χ1v) is 8.63. The molecule has 0 saturated heterocycles. The molecule has 0 aliphatic carbocycles. The second kappa shape index (κ2) is 8.81. The maximum atomic E-state index is 12.6. The summed E-state index contributed by atoms with van der Waals surface area (Å²) in [6.45, 7) is 0. The molecule has 0 radical (unpaired) electrons. The van der Waals surface area contributed by atoms with Gasteiger partial charge in [0.1, 0.15) is 5.75 Å². The van der Waals surface area contributed by atoms with Crippen LogP contribution in [0.1, 0.15) is 29.2 Å². The number of ether oxygens (including phenoxy) is 1. The second-order valence-corrected chi connectivity index (χ2v) is 6.05. The van der Waals surface area contributed by atoms with Gasteiger partial charge in [-0.3, -0.25) is 9.78 Å². The lowest BCUT2D eigenvalue weighted by molar-refractivity contribution is -0.121. The molecule has 3 rings (SSSR count). The molecule has 4 nitrogen and oxygen atoms in total. The van der Waals surface area contributed by atoms with Gasteiger partial charge in [0.25, 0.3) is 0 Å². The third kappa shape index (κ3) is 4.70. The fraction of sp³-hybridized carbons (Fsp3) is 0.182. The van der Waals surface area contributed by atoms with Gasteiger partial charge in [0.05, 0.1) is 13.2 Å². The topological polar surface area (TPSA) is 51.2 Å². The van der Waals surface area contributed by atoms with E-state index in [4.69, 9.17) is 4.74 Å². The number of rotatable bonds is 7. The molecule has 3 aromatic rings. The van der Waals surface area contributed by atoms with Crippen LogP contribution in [0.15, 0.2) is 79.1 Å². The van der Waals surface area contributed by atoms with Gasteiger partial charge in [-0.2, -0.15) is 0 Å². The number of nitrogens with zero attached hydrogens (tertiary/aromatic N) is 1. The zero-order chi connectivity index (χ0) is 18.2. The van der Waals surface area contributed by atoms with E-state index in [1.165, 1.54) is 0 Å². The Bertz CT molecular complexity index is 835. The summed E-state index contributed by atoms with van der Waals surface area (Å²) < 4.78 is 5.32. The molecule has 0 bridgehead atoms. The Morgan fingerprint density at radius 2 is 1.85 bits per heavy atom. The number of hydrogen-bond acceptors (Lipinski definition) is 3. The number of aryl methyl sites for hydroxylation is 1. The molecular weight excluding hydrogens is 324 g/mol. The van der Waals surface area contributed by atoms with Crippen LogP contribution in [0.2, 0.25) is 0 Å². The molecule has 1 heterocycles. The zero-order valence-corrected chi connectivity index (χ0v) is 14.8. The molecule has 26 heavy (non-hydrogen) atoms. The van der Waals surface area contributed by atoms with Crippen molar-refractivity contribution in [2.45, 2.75) is 18.9 Å². The van der Waals surface area contributed by atoms with Gasteiger partial charge in [-0.1, -0.05) is 48.5 Å². The molecule has 1 unspecified atom stereocenters. The molecule has 1 N–H and O–H groups in total. The molecule has 0 aliphatic heterocycles. The fourth-order valence-electron chi connectivity index (χ4n) is 2.86. The monoisotopic (exact) mass is 346 g/mol. The van der Waals surface area contributed by atoms with E-state index in [0.29, 0.717) is 12.8 Å². The Morgan fingerprint density at radius 3 is 2.58 bits per heavy atom. The zero-order valence-electron chi connectivity index (χ0n) is 14.8. The van der Waals surface area contributed by atoms with Crippen molar-refractivity contribution in [3.63, 3.8) is 0 Å². The number of methoxy groups -OCH3 is 1. The van der Waals surface area contributed by atoms with Crippen molar-refractivity contribution in [3.8, 4) is 5.75 Å². The normalized spacial score (nSPS) is 11.6. The summed E-state index contributed by atoms with van der Waals surface area (Å²) in [6, 6.07) is 21.3. The van der Waals surface area contributed by atoms with E-state index >= 15 is 0 Å². The van der Waals surface area contributed by atoms with E-state index in [0.717, 1.165) is 22.4 Å². The SMILES string of the molecule is COc1cccc(C(NC(=O)CCc2ccccc2)c2cccnc2)c1. The van der Waals surface area contributed by atoms with Crippen molar-refractivity contribution in [1.82, 2.24) is 10.3 Å². The summed E-state index contributed by atoms with van der Waals surface area (Å²) in [7, 11) is 1.64. The largest absolute Gasteiger partial charge is 0.497 e. The molecule has 1 amide bonds. The number of benzene rings is 2. The summed E-state index contributed by atoms with van der Waals surface area (Å²) in [5, 5.41) is 3.14. The Balaban J connectivity index is 1.76. The first kappa shape index (κ1) is 17.7. The van der Waals surface area contributed by atoms with Crippen LogP contribution in [-0.4, -0.2) is 18.0 Å². The molecule has 0 fully saturated rings. The third-order valence-electron chi connectivity index (χ3n) is 4.23. The average Bonchev–Trinajstić information content (AvgIpc) is 2.72. The van der Waals surface area contributed by atoms with E-state index in [2.05, 4.69) is 10.3 Å². The second-order valence-electron chi connectivity index (χ2n) is 6.05. The first-order chi connectivity index (χ1) is 12.8. The highest BCUT2D eigenvalue weighted by atomic mass is 16.5. The van der Waals surface area contributed by atoms with Crippen molar-refractivity contribution in [3.05, 3.63) is 95.8 Å². The number of carbonyl (C=O) groups is 1. The molecule has 0 spiro atoms. The molecule has 0 aliphatic rings. The van der Waals surface area contributed by atoms with Crippen molar-refractivity contribution in [1.29, 1.82) is 0 Å². The number of aromatic nitrogens is 1. The quantitative estimate of drug-likeness (QED) is 0.705. The van der Waals surface area contributed by atoms with Gasteiger partial charge < -0.3 is 10.1 Å². The van der Waals surface area contributed by atoms with Crippen LogP contribution in [0, 0.1) is 0 Å². The maximum Gasteiger partial charge on any atom is 0.221 e. The van der Waals surface area contributed by atoms with Crippen LogP contribution in [0.3, 0.4) is 0 Å². The lowest BCUT2D eigenvalue weighted by atomic mass is 9.99. The van der Waals surface area contributed by atoms with Crippen molar-refractivity contribution >= 4 is 5.91 Å². The van der Waals surface area contributed by atoms with Crippen molar-refractivity contribution in [2.75, 3.05) is 7.11 Å².